The second-order valence-electron chi connectivity index (χ2n) is 3.97. The molecule has 0 amide bonds. The fraction of sp³-hybridized carbons (Fsp3) is 0.385. The van der Waals surface area contributed by atoms with Crippen LogP contribution in [0.5, 0.6) is 0 Å². The molecule has 1 N–H and O–H groups in total. The Balaban J connectivity index is 3.22. The third-order valence-electron chi connectivity index (χ3n) is 2.54. The summed E-state index contributed by atoms with van der Waals surface area (Å²) >= 11 is 0. The lowest BCUT2D eigenvalue weighted by Crippen LogP contribution is -2.32. The minimum atomic E-state index is -3.95. The number of aliphatic hydroxyl groups is 1. The molecule has 0 aliphatic heterocycles. The highest BCUT2D eigenvalue weighted by molar-refractivity contribution is 7.89. The molecule has 19 heavy (non-hydrogen) atoms. The van der Waals surface area contributed by atoms with Crippen molar-refractivity contribution in [2.45, 2.75) is 24.8 Å². The molecule has 0 heterocycles. The van der Waals surface area contributed by atoms with E-state index in [1.165, 1.54) is 6.07 Å². The van der Waals surface area contributed by atoms with Gasteiger partial charge in [-0.05, 0) is 24.1 Å². The quantitative estimate of drug-likeness (QED) is 0.803. The van der Waals surface area contributed by atoms with E-state index in [4.69, 9.17) is 11.5 Å². The van der Waals surface area contributed by atoms with E-state index in [2.05, 4.69) is 5.92 Å². The first-order valence-corrected chi connectivity index (χ1v) is 7.24. The van der Waals surface area contributed by atoms with Crippen LogP contribution in [0.25, 0.3) is 0 Å². The van der Waals surface area contributed by atoms with Crippen molar-refractivity contribution in [1.82, 2.24) is 4.31 Å². The molecule has 4 nitrogen and oxygen atoms in total. The fourth-order valence-electron chi connectivity index (χ4n) is 1.63. The number of hydrogen-bond acceptors (Lipinski definition) is 3. The molecule has 0 unspecified atom stereocenters. The average Bonchev–Trinajstić information content (AvgIpc) is 2.38. The molecule has 0 fully saturated rings. The molecule has 0 aliphatic carbocycles. The first-order chi connectivity index (χ1) is 8.97. The summed E-state index contributed by atoms with van der Waals surface area (Å²) in [6, 6.07) is 3.53. The number of sulfonamides is 1. The first kappa shape index (κ1) is 15.6. The minimum Gasteiger partial charge on any atom is -0.392 e. The Morgan fingerprint density at radius 1 is 1.47 bits per heavy atom. The largest absolute Gasteiger partial charge is 0.392 e. The summed E-state index contributed by atoms with van der Waals surface area (Å²) in [6.45, 7) is 1.59. The van der Waals surface area contributed by atoms with Crippen LogP contribution in [0.2, 0.25) is 0 Å². The summed E-state index contributed by atoms with van der Waals surface area (Å²) in [5.74, 6) is 1.37. The summed E-state index contributed by atoms with van der Waals surface area (Å²) < 4.78 is 39.4. The van der Waals surface area contributed by atoms with Gasteiger partial charge >= 0.3 is 0 Å². The summed E-state index contributed by atoms with van der Waals surface area (Å²) in [4.78, 5) is -0.423. The number of hydrogen-bond donors (Lipinski definition) is 1. The highest BCUT2D eigenvalue weighted by atomic mass is 32.2. The lowest BCUT2D eigenvalue weighted by molar-refractivity contribution is 0.281. The Bertz CT molecular complexity index is 578. The van der Waals surface area contributed by atoms with E-state index >= 15 is 0 Å². The van der Waals surface area contributed by atoms with Crippen LogP contribution in [0.3, 0.4) is 0 Å². The molecule has 6 heteroatoms. The summed E-state index contributed by atoms with van der Waals surface area (Å²) in [6.07, 6.45) is 5.72. The molecule has 1 aromatic carbocycles. The standard InChI is InChI=1S/C13H16FNO3S/c1-3-7-15(8-4-2)19(17,18)13-6-5-11(10-16)9-12(13)14/h1,5-6,9,16H,4,7-8,10H2,2H3. The van der Waals surface area contributed by atoms with Crippen LogP contribution in [-0.4, -0.2) is 30.9 Å². The maximum Gasteiger partial charge on any atom is 0.246 e. The van der Waals surface area contributed by atoms with E-state index in [9.17, 15) is 12.8 Å². The van der Waals surface area contributed by atoms with Gasteiger partial charge in [0.05, 0.1) is 13.2 Å². The van der Waals surface area contributed by atoms with Crippen molar-refractivity contribution in [2.24, 2.45) is 0 Å². The van der Waals surface area contributed by atoms with Crippen LogP contribution < -0.4 is 0 Å². The second kappa shape index (κ2) is 6.66. The van der Waals surface area contributed by atoms with Crippen molar-refractivity contribution in [2.75, 3.05) is 13.1 Å². The van der Waals surface area contributed by atoms with E-state index in [0.29, 0.717) is 12.0 Å². The van der Waals surface area contributed by atoms with E-state index in [1.54, 1.807) is 0 Å². The number of terminal acetylenes is 1. The van der Waals surface area contributed by atoms with Gasteiger partial charge in [0.1, 0.15) is 10.7 Å². The van der Waals surface area contributed by atoms with Crippen LogP contribution in [0.4, 0.5) is 4.39 Å². The Kier molecular flexibility index (Phi) is 5.48. The minimum absolute atomic E-state index is 0.0998. The van der Waals surface area contributed by atoms with Gasteiger partial charge in [-0.3, -0.25) is 0 Å². The molecule has 0 saturated heterocycles. The van der Waals surface area contributed by atoms with Gasteiger partial charge in [0.15, 0.2) is 0 Å². The van der Waals surface area contributed by atoms with Crippen molar-refractivity contribution >= 4 is 10.0 Å². The van der Waals surface area contributed by atoms with Gasteiger partial charge in [0.2, 0.25) is 10.0 Å². The smallest absolute Gasteiger partial charge is 0.246 e. The zero-order valence-corrected chi connectivity index (χ0v) is 11.5. The van der Waals surface area contributed by atoms with Crippen molar-refractivity contribution in [3.8, 4) is 12.3 Å². The zero-order chi connectivity index (χ0) is 14.5. The van der Waals surface area contributed by atoms with E-state index in [0.717, 1.165) is 16.4 Å². The van der Waals surface area contributed by atoms with Gasteiger partial charge in [-0.1, -0.05) is 18.9 Å². The maximum absolute atomic E-state index is 13.8. The number of rotatable bonds is 6. The predicted molar refractivity (Wildman–Crippen MR) is 70.2 cm³/mol. The van der Waals surface area contributed by atoms with Gasteiger partial charge in [0, 0.05) is 6.54 Å². The van der Waals surface area contributed by atoms with Crippen molar-refractivity contribution in [1.29, 1.82) is 0 Å². The lowest BCUT2D eigenvalue weighted by atomic mass is 10.2. The third-order valence-corrected chi connectivity index (χ3v) is 4.42. The maximum atomic E-state index is 13.8. The van der Waals surface area contributed by atoms with Crippen molar-refractivity contribution in [3.63, 3.8) is 0 Å². The predicted octanol–water partition coefficient (Wildman–Crippen LogP) is 1.35. The molecular formula is C13H16FNO3S. The van der Waals surface area contributed by atoms with Gasteiger partial charge in [-0.25, -0.2) is 12.8 Å². The fourth-order valence-corrected chi connectivity index (χ4v) is 3.12. The first-order valence-electron chi connectivity index (χ1n) is 5.80. The van der Waals surface area contributed by atoms with E-state index < -0.39 is 20.7 Å². The van der Waals surface area contributed by atoms with Gasteiger partial charge in [-0.15, -0.1) is 6.42 Å². The molecule has 0 spiro atoms. The molecule has 0 bridgehead atoms. The van der Waals surface area contributed by atoms with E-state index in [1.807, 2.05) is 6.92 Å². The highest BCUT2D eigenvalue weighted by Crippen LogP contribution is 2.20. The second-order valence-corrected chi connectivity index (χ2v) is 5.87. The molecule has 1 aromatic rings. The Labute approximate surface area is 112 Å². The number of aliphatic hydroxyl groups excluding tert-OH is 1. The molecule has 0 aliphatic rings. The van der Waals surface area contributed by atoms with Crippen LogP contribution in [0, 0.1) is 18.2 Å². The molecule has 0 aromatic heterocycles. The summed E-state index contributed by atoms with van der Waals surface area (Å²) in [5, 5.41) is 8.88. The Hall–Kier alpha value is -1.42. The number of nitrogens with zero attached hydrogens (tertiary/aromatic N) is 1. The SMILES string of the molecule is C#CCN(CCC)S(=O)(=O)c1ccc(CO)cc1F. The third kappa shape index (κ3) is 3.53. The zero-order valence-electron chi connectivity index (χ0n) is 10.6. The lowest BCUT2D eigenvalue weighted by Gasteiger charge is -2.19. The van der Waals surface area contributed by atoms with Crippen LogP contribution in [-0.2, 0) is 16.6 Å². The molecule has 104 valence electrons. The van der Waals surface area contributed by atoms with Crippen molar-refractivity contribution < 1.29 is 17.9 Å². The number of halogens is 1. The van der Waals surface area contributed by atoms with Gasteiger partial charge in [-0.2, -0.15) is 4.31 Å². The van der Waals surface area contributed by atoms with Crippen LogP contribution in [0.1, 0.15) is 18.9 Å². The molecule has 0 saturated carbocycles. The Morgan fingerprint density at radius 2 is 2.16 bits per heavy atom. The normalized spacial score (nSPS) is 11.5. The topological polar surface area (TPSA) is 57.6 Å². The van der Waals surface area contributed by atoms with Crippen LogP contribution in [0.15, 0.2) is 23.1 Å². The molecular weight excluding hydrogens is 269 g/mol. The number of benzene rings is 1. The monoisotopic (exact) mass is 285 g/mol. The summed E-state index contributed by atoms with van der Waals surface area (Å²) in [5.41, 5.74) is 0.315. The van der Waals surface area contributed by atoms with E-state index in [-0.39, 0.29) is 19.7 Å². The van der Waals surface area contributed by atoms with Crippen LogP contribution >= 0.6 is 0 Å². The highest BCUT2D eigenvalue weighted by Gasteiger charge is 2.26. The van der Waals surface area contributed by atoms with Gasteiger partial charge < -0.3 is 5.11 Å². The van der Waals surface area contributed by atoms with Crippen molar-refractivity contribution in [3.05, 3.63) is 29.6 Å². The molecule has 1 rings (SSSR count). The summed E-state index contributed by atoms with van der Waals surface area (Å²) in [7, 11) is -3.95. The Morgan fingerprint density at radius 3 is 2.63 bits per heavy atom. The molecule has 0 radical (unpaired) electrons. The molecule has 0 atom stereocenters. The van der Waals surface area contributed by atoms with Gasteiger partial charge in [0.25, 0.3) is 0 Å². The average molecular weight is 285 g/mol.